The number of hydrogen-bond acceptors (Lipinski definition) is 5. The predicted octanol–water partition coefficient (Wildman–Crippen LogP) is 0.238. The molecule has 5 heteroatoms. The maximum atomic E-state index is 10.6. The summed E-state index contributed by atoms with van der Waals surface area (Å²) in [7, 11) is 0. The van der Waals surface area contributed by atoms with E-state index in [1.807, 2.05) is 0 Å². The molecule has 15 heavy (non-hydrogen) atoms. The SMILES string of the molecule is O=CCCSC(C=O)CCNCCCO. The Morgan fingerprint density at radius 3 is 2.73 bits per heavy atom. The summed E-state index contributed by atoms with van der Waals surface area (Å²) in [6.07, 6.45) is 3.83. The molecule has 4 nitrogen and oxygen atoms in total. The molecule has 0 amide bonds. The smallest absolute Gasteiger partial charge is 0.132 e. The summed E-state index contributed by atoms with van der Waals surface area (Å²) < 4.78 is 0. The van der Waals surface area contributed by atoms with Crippen LogP contribution in [0.3, 0.4) is 0 Å². The van der Waals surface area contributed by atoms with Gasteiger partial charge in [-0.2, -0.15) is 11.8 Å². The first-order valence-corrected chi connectivity index (χ1v) is 6.22. The molecule has 0 radical (unpaired) electrons. The Morgan fingerprint density at radius 1 is 1.33 bits per heavy atom. The van der Waals surface area contributed by atoms with Gasteiger partial charge in [0.2, 0.25) is 0 Å². The molecular formula is C10H19NO3S. The topological polar surface area (TPSA) is 66.4 Å². The predicted molar refractivity (Wildman–Crippen MR) is 62.2 cm³/mol. The molecule has 1 atom stereocenters. The molecular weight excluding hydrogens is 214 g/mol. The van der Waals surface area contributed by atoms with E-state index in [2.05, 4.69) is 5.32 Å². The van der Waals surface area contributed by atoms with E-state index in [4.69, 9.17) is 5.11 Å². The second kappa shape index (κ2) is 11.7. The molecule has 1 unspecified atom stereocenters. The number of rotatable bonds is 11. The number of aldehydes is 2. The minimum absolute atomic E-state index is 0.0217. The number of nitrogens with one attached hydrogen (secondary N) is 1. The van der Waals surface area contributed by atoms with E-state index in [1.54, 1.807) is 0 Å². The lowest BCUT2D eigenvalue weighted by Gasteiger charge is -2.09. The van der Waals surface area contributed by atoms with E-state index in [1.165, 1.54) is 11.8 Å². The lowest BCUT2D eigenvalue weighted by molar-refractivity contribution is -0.108. The van der Waals surface area contributed by atoms with Crippen molar-refractivity contribution in [2.75, 3.05) is 25.4 Å². The van der Waals surface area contributed by atoms with Crippen LogP contribution in [0.25, 0.3) is 0 Å². The fourth-order valence-corrected chi connectivity index (χ4v) is 1.93. The van der Waals surface area contributed by atoms with Gasteiger partial charge >= 0.3 is 0 Å². The van der Waals surface area contributed by atoms with Crippen molar-refractivity contribution < 1.29 is 14.7 Å². The van der Waals surface area contributed by atoms with Crippen LogP contribution in [0.15, 0.2) is 0 Å². The number of carbonyl (C=O) groups excluding carboxylic acids is 2. The van der Waals surface area contributed by atoms with E-state index in [-0.39, 0.29) is 11.9 Å². The summed E-state index contributed by atoms with van der Waals surface area (Å²) in [5.74, 6) is 0.712. The van der Waals surface area contributed by atoms with E-state index < -0.39 is 0 Å². The quantitative estimate of drug-likeness (QED) is 0.395. The van der Waals surface area contributed by atoms with Gasteiger partial charge in [-0.3, -0.25) is 0 Å². The third kappa shape index (κ3) is 9.90. The van der Waals surface area contributed by atoms with Gasteiger partial charge in [0.05, 0.1) is 5.25 Å². The van der Waals surface area contributed by atoms with Crippen molar-refractivity contribution in [1.82, 2.24) is 5.32 Å². The third-order valence-electron chi connectivity index (χ3n) is 1.84. The largest absolute Gasteiger partial charge is 0.396 e. The van der Waals surface area contributed by atoms with Gasteiger partial charge in [0, 0.05) is 18.8 Å². The van der Waals surface area contributed by atoms with Gasteiger partial charge in [-0.1, -0.05) is 0 Å². The Kier molecular flexibility index (Phi) is 11.4. The van der Waals surface area contributed by atoms with Crippen molar-refractivity contribution in [3.8, 4) is 0 Å². The molecule has 0 aliphatic rings. The summed E-state index contributed by atoms with van der Waals surface area (Å²) in [6.45, 7) is 1.75. The molecule has 0 rings (SSSR count). The monoisotopic (exact) mass is 233 g/mol. The third-order valence-corrected chi connectivity index (χ3v) is 3.08. The zero-order valence-corrected chi connectivity index (χ0v) is 9.67. The minimum atomic E-state index is -0.0217. The van der Waals surface area contributed by atoms with Crippen molar-refractivity contribution >= 4 is 24.3 Å². The molecule has 88 valence electrons. The van der Waals surface area contributed by atoms with Crippen LogP contribution in [-0.2, 0) is 9.59 Å². The maximum Gasteiger partial charge on any atom is 0.132 e. The van der Waals surface area contributed by atoms with Crippen molar-refractivity contribution in [3.05, 3.63) is 0 Å². The zero-order chi connectivity index (χ0) is 11.4. The van der Waals surface area contributed by atoms with Gasteiger partial charge in [0.1, 0.15) is 12.6 Å². The lowest BCUT2D eigenvalue weighted by Crippen LogP contribution is -2.21. The van der Waals surface area contributed by atoms with Crippen LogP contribution in [0.2, 0.25) is 0 Å². The molecule has 0 aromatic rings. The highest BCUT2D eigenvalue weighted by Crippen LogP contribution is 2.12. The summed E-state index contributed by atoms with van der Waals surface area (Å²) in [4.78, 5) is 20.7. The number of hydrogen-bond donors (Lipinski definition) is 2. The van der Waals surface area contributed by atoms with E-state index in [9.17, 15) is 9.59 Å². The average molecular weight is 233 g/mol. The summed E-state index contributed by atoms with van der Waals surface area (Å²) in [5.41, 5.74) is 0. The summed E-state index contributed by atoms with van der Waals surface area (Å²) in [5, 5.41) is 11.6. The molecule has 0 heterocycles. The Balaban J connectivity index is 3.35. The van der Waals surface area contributed by atoms with Crippen molar-refractivity contribution in [1.29, 1.82) is 0 Å². The molecule has 0 saturated heterocycles. The van der Waals surface area contributed by atoms with E-state index >= 15 is 0 Å². The van der Waals surface area contributed by atoms with Crippen LogP contribution in [0.1, 0.15) is 19.3 Å². The highest BCUT2D eigenvalue weighted by molar-refractivity contribution is 8.00. The molecule has 0 saturated carbocycles. The van der Waals surface area contributed by atoms with Crippen molar-refractivity contribution in [2.24, 2.45) is 0 Å². The highest BCUT2D eigenvalue weighted by Gasteiger charge is 2.06. The molecule has 0 bridgehead atoms. The Hall–Kier alpha value is -0.390. The normalized spacial score (nSPS) is 12.3. The van der Waals surface area contributed by atoms with Crippen LogP contribution in [0.4, 0.5) is 0 Å². The van der Waals surface area contributed by atoms with Gasteiger partial charge in [-0.15, -0.1) is 0 Å². The average Bonchev–Trinajstić information content (AvgIpc) is 2.26. The second-order valence-electron chi connectivity index (χ2n) is 3.12. The zero-order valence-electron chi connectivity index (χ0n) is 8.85. The molecule has 2 N–H and O–H groups in total. The Morgan fingerprint density at radius 2 is 2.13 bits per heavy atom. The standard InChI is InChI=1S/C10H19NO3S/c12-6-1-4-11-5-3-10(9-14)15-8-2-7-13/h7,9-12H,1-6,8H2. The van der Waals surface area contributed by atoms with Crippen LogP contribution < -0.4 is 5.32 Å². The molecule has 0 aromatic carbocycles. The van der Waals surface area contributed by atoms with Crippen molar-refractivity contribution in [2.45, 2.75) is 24.5 Å². The van der Waals surface area contributed by atoms with Crippen LogP contribution in [0, 0.1) is 0 Å². The molecule has 0 aromatic heterocycles. The first-order valence-electron chi connectivity index (χ1n) is 5.17. The second-order valence-corrected chi connectivity index (χ2v) is 4.46. The minimum Gasteiger partial charge on any atom is -0.396 e. The molecule has 0 fully saturated rings. The van der Waals surface area contributed by atoms with Crippen LogP contribution in [0.5, 0.6) is 0 Å². The van der Waals surface area contributed by atoms with Crippen LogP contribution >= 0.6 is 11.8 Å². The van der Waals surface area contributed by atoms with E-state index in [0.29, 0.717) is 12.2 Å². The number of aliphatic hydroxyl groups is 1. The first kappa shape index (κ1) is 14.6. The fraction of sp³-hybridized carbons (Fsp3) is 0.800. The summed E-state index contributed by atoms with van der Waals surface area (Å²) >= 11 is 1.52. The Labute approximate surface area is 94.8 Å². The van der Waals surface area contributed by atoms with Gasteiger partial charge in [-0.05, 0) is 25.9 Å². The van der Waals surface area contributed by atoms with Gasteiger partial charge in [0.25, 0.3) is 0 Å². The fourth-order valence-electron chi connectivity index (χ4n) is 1.03. The maximum absolute atomic E-state index is 10.6. The lowest BCUT2D eigenvalue weighted by atomic mass is 10.3. The first-order chi connectivity index (χ1) is 7.35. The van der Waals surface area contributed by atoms with Gasteiger partial charge < -0.3 is 20.0 Å². The number of aliphatic hydroxyl groups excluding tert-OH is 1. The summed E-state index contributed by atoms with van der Waals surface area (Å²) in [6, 6.07) is 0. The van der Waals surface area contributed by atoms with Gasteiger partial charge in [0.15, 0.2) is 0 Å². The molecule has 0 aliphatic carbocycles. The molecule has 0 aliphatic heterocycles. The van der Waals surface area contributed by atoms with Crippen molar-refractivity contribution in [3.63, 3.8) is 0 Å². The van der Waals surface area contributed by atoms with Crippen LogP contribution in [-0.4, -0.2) is 48.4 Å². The highest BCUT2D eigenvalue weighted by atomic mass is 32.2. The Bertz CT molecular complexity index is 167. The van der Waals surface area contributed by atoms with Gasteiger partial charge in [-0.25, -0.2) is 0 Å². The number of thioether (sulfide) groups is 1. The van der Waals surface area contributed by atoms with E-state index in [0.717, 1.165) is 38.5 Å². The number of carbonyl (C=O) groups is 2. The molecule has 0 spiro atoms.